The average molecular weight is 357 g/mol. The maximum Gasteiger partial charge on any atom is 0.252 e. The van der Waals surface area contributed by atoms with E-state index in [-0.39, 0.29) is 17.8 Å². The van der Waals surface area contributed by atoms with E-state index in [0.29, 0.717) is 22.6 Å². The van der Waals surface area contributed by atoms with Crippen LogP contribution in [0.5, 0.6) is 0 Å². The normalized spacial score (nSPS) is 25.6. The third kappa shape index (κ3) is 3.44. The van der Waals surface area contributed by atoms with Crippen LogP contribution in [0.3, 0.4) is 0 Å². The molecule has 6 heteroatoms. The van der Waals surface area contributed by atoms with Crippen LogP contribution in [0.15, 0.2) is 22.7 Å². The van der Waals surface area contributed by atoms with Gasteiger partial charge in [0.2, 0.25) is 0 Å². The largest absolute Gasteiger partial charge is 0.373 e. The lowest BCUT2D eigenvalue weighted by Gasteiger charge is -2.35. The van der Waals surface area contributed by atoms with Crippen LogP contribution >= 0.6 is 15.9 Å². The molecule has 1 aromatic rings. The predicted molar refractivity (Wildman–Crippen MR) is 80.8 cm³/mol. The van der Waals surface area contributed by atoms with Crippen LogP contribution < -0.4 is 5.32 Å². The Balaban J connectivity index is 1.54. The highest BCUT2D eigenvalue weighted by molar-refractivity contribution is 9.10. The number of amides is 1. The molecule has 4 nitrogen and oxygen atoms in total. The smallest absolute Gasteiger partial charge is 0.252 e. The number of rotatable bonds is 3. The molecule has 21 heavy (non-hydrogen) atoms. The first-order valence-electron chi connectivity index (χ1n) is 7.22. The molecule has 2 saturated heterocycles. The Kier molecular flexibility index (Phi) is 4.57. The van der Waals surface area contributed by atoms with E-state index in [9.17, 15) is 9.18 Å². The average Bonchev–Trinajstić information content (AvgIpc) is 2.92. The maximum atomic E-state index is 13.0. The van der Waals surface area contributed by atoms with Gasteiger partial charge < -0.3 is 10.1 Å². The lowest BCUT2D eigenvalue weighted by Crippen LogP contribution is -2.50. The molecule has 3 rings (SSSR count). The number of benzene rings is 1. The molecule has 114 valence electrons. The molecule has 2 heterocycles. The summed E-state index contributed by atoms with van der Waals surface area (Å²) in [5.74, 6) is -0.580. The van der Waals surface area contributed by atoms with Crippen molar-refractivity contribution >= 4 is 21.8 Å². The summed E-state index contributed by atoms with van der Waals surface area (Å²) < 4.78 is 19.3. The monoisotopic (exact) mass is 356 g/mol. The summed E-state index contributed by atoms with van der Waals surface area (Å²) in [6.07, 6.45) is 2.47. The third-order valence-electron chi connectivity index (χ3n) is 4.13. The molecule has 0 saturated carbocycles. The molecule has 2 unspecified atom stereocenters. The number of nitrogens with zero attached hydrogens (tertiary/aromatic N) is 1. The zero-order valence-electron chi connectivity index (χ0n) is 11.6. The molecule has 0 bridgehead atoms. The molecule has 0 radical (unpaired) electrons. The van der Waals surface area contributed by atoms with Gasteiger partial charge in [-0.2, -0.15) is 0 Å². The van der Waals surface area contributed by atoms with E-state index in [0.717, 1.165) is 19.7 Å². The molecule has 2 fully saturated rings. The summed E-state index contributed by atoms with van der Waals surface area (Å²) in [5.41, 5.74) is 0.436. The second-order valence-corrected chi connectivity index (χ2v) is 6.43. The number of halogens is 2. The number of fused-ring (bicyclic) bond motifs is 1. The first kappa shape index (κ1) is 14.9. The summed E-state index contributed by atoms with van der Waals surface area (Å²) in [6, 6.07) is 4.61. The SMILES string of the molecule is O=C(NCC1CN2CCCC2CO1)c1ccc(F)cc1Br. The van der Waals surface area contributed by atoms with E-state index in [4.69, 9.17) is 4.74 Å². The van der Waals surface area contributed by atoms with Crippen molar-refractivity contribution in [2.24, 2.45) is 0 Å². The van der Waals surface area contributed by atoms with Crippen molar-refractivity contribution in [1.82, 2.24) is 10.2 Å². The fourth-order valence-corrected chi connectivity index (χ4v) is 3.52. The lowest BCUT2D eigenvalue weighted by molar-refractivity contribution is -0.0461. The van der Waals surface area contributed by atoms with Crippen molar-refractivity contribution in [3.8, 4) is 0 Å². The Hall–Kier alpha value is -0.980. The number of hydrogen-bond donors (Lipinski definition) is 1. The van der Waals surface area contributed by atoms with Crippen molar-refractivity contribution < 1.29 is 13.9 Å². The summed E-state index contributed by atoms with van der Waals surface area (Å²) in [6.45, 7) is 3.23. The molecule has 0 spiro atoms. The number of hydrogen-bond acceptors (Lipinski definition) is 3. The summed E-state index contributed by atoms with van der Waals surface area (Å²) in [4.78, 5) is 14.6. The second-order valence-electron chi connectivity index (χ2n) is 5.58. The van der Waals surface area contributed by atoms with Gasteiger partial charge in [-0.3, -0.25) is 9.69 Å². The van der Waals surface area contributed by atoms with E-state index >= 15 is 0 Å². The predicted octanol–water partition coefficient (Wildman–Crippen LogP) is 2.18. The van der Waals surface area contributed by atoms with E-state index in [1.54, 1.807) is 0 Å². The molecule has 1 N–H and O–H groups in total. The Bertz CT molecular complexity index is 540. The summed E-state index contributed by atoms with van der Waals surface area (Å²) in [5, 5.41) is 2.87. The minimum atomic E-state index is -0.367. The summed E-state index contributed by atoms with van der Waals surface area (Å²) >= 11 is 3.21. The van der Waals surface area contributed by atoms with Crippen molar-refractivity contribution in [3.05, 3.63) is 34.1 Å². The van der Waals surface area contributed by atoms with Gasteiger partial charge in [0, 0.05) is 23.6 Å². The van der Waals surface area contributed by atoms with Crippen LogP contribution in [0.4, 0.5) is 4.39 Å². The van der Waals surface area contributed by atoms with E-state index < -0.39 is 0 Å². The molecular formula is C15H18BrFN2O2. The van der Waals surface area contributed by atoms with E-state index in [2.05, 4.69) is 26.1 Å². The Morgan fingerprint density at radius 1 is 1.52 bits per heavy atom. The molecule has 0 aliphatic carbocycles. The van der Waals surface area contributed by atoms with Crippen molar-refractivity contribution in [1.29, 1.82) is 0 Å². The van der Waals surface area contributed by atoms with Crippen LogP contribution in [0, 0.1) is 5.82 Å². The van der Waals surface area contributed by atoms with Crippen molar-refractivity contribution in [3.63, 3.8) is 0 Å². The summed E-state index contributed by atoms with van der Waals surface area (Å²) in [7, 11) is 0. The Morgan fingerprint density at radius 2 is 2.38 bits per heavy atom. The number of carbonyl (C=O) groups excluding carboxylic acids is 1. The van der Waals surface area contributed by atoms with Gasteiger partial charge in [0.25, 0.3) is 5.91 Å². The minimum absolute atomic E-state index is 0.0301. The molecule has 1 aromatic carbocycles. The fourth-order valence-electron chi connectivity index (χ4n) is 2.98. The highest BCUT2D eigenvalue weighted by atomic mass is 79.9. The maximum absolute atomic E-state index is 13.0. The van der Waals surface area contributed by atoms with Crippen LogP contribution in [0.25, 0.3) is 0 Å². The van der Waals surface area contributed by atoms with Gasteiger partial charge in [-0.15, -0.1) is 0 Å². The molecule has 2 aliphatic heterocycles. The van der Waals surface area contributed by atoms with Crippen molar-refractivity contribution in [2.45, 2.75) is 25.0 Å². The number of ether oxygens (including phenoxy) is 1. The first-order chi connectivity index (χ1) is 10.1. The van der Waals surface area contributed by atoms with Gasteiger partial charge in [0.1, 0.15) is 5.82 Å². The van der Waals surface area contributed by atoms with Gasteiger partial charge in [-0.25, -0.2) is 4.39 Å². The van der Waals surface area contributed by atoms with Gasteiger partial charge in [-0.05, 0) is 53.5 Å². The lowest BCUT2D eigenvalue weighted by atomic mass is 10.1. The van der Waals surface area contributed by atoms with Crippen LogP contribution in [-0.2, 0) is 4.74 Å². The number of carbonyl (C=O) groups is 1. The highest BCUT2D eigenvalue weighted by Gasteiger charge is 2.32. The number of morpholine rings is 1. The standard InChI is InChI=1S/C15H18BrFN2O2/c16-14-6-10(17)3-4-13(14)15(20)18-7-12-8-19-5-1-2-11(19)9-21-12/h3-4,6,11-12H,1-2,5,7-9H2,(H,18,20). The zero-order valence-corrected chi connectivity index (χ0v) is 13.2. The quantitative estimate of drug-likeness (QED) is 0.902. The van der Waals surface area contributed by atoms with Gasteiger partial charge in [0.15, 0.2) is 0 Å². The minimum Gasteiger partial charge on any atom is -0.373 e. The zero-order chi connectivity index (χ0) is 14.8. The van der Waals surface area contributed by atoms with E-state index in [1.807, 2.05) is 0 Å². The van der Waals surface area contributed by atoms with Crippen molar-refractivity contribution in [2.75, 3.05) is 26.2 Å². The van der Waals surface area contributed by atoms with Gasteiger partial charge in [-0.1, -0.05) is 0 Å². The van der Waals surface area contributed by atoms with Crippen LogP contribution in [0.1, 0.15) is 23.2 Å². The van der Waals surface area contributed by atoms with E-state index in [1.165, 1.54) is 31.0 Å². The van der Waals surface area contributed by atoms with Gasteiger partial charge in [0.05, 0.1) is 18.3 Å². The third-order valence-corrected chi connectivity index (χ3v) is 4.78. The Morgan fingerprint density at radius 3 is 3.19 bits per heavy atom. The van der Waals surface area contributed by atoms with Crippen LogP contribution in [-0.4, -0.2) is 49.2 Å². The Labute approximate surface area is 131 Å². The fraction of sp³-hybridized carbons (Fsp3) is 0.533. The van der Waals surface area contributed by atoms with Crippen LogP contribution in [0.2, 0.25) is 0 Å². The topological polar surface area (TPSA) is 41.6 Å². The molecule has 1 amide bonds. The van der Waals surface area contributed by atoms with Gasteiger partial charge >= 0.3 is 0 Å². The molecular weight excluding hydrogens is 339 g/mol. The molecule has 2 aliphatic rings. The molecule has 2 atom stereocenters. The molecule has 0 aromatic heterocycles. The first-order valence-corrected chi connectivity index (χ1v) is 8.01. The number of nitrogens with one attached hydrogen (secondary N) is 1. The highest BCUT2D eigenvalue weighted by Crippen LogP contribution is 2.22. The second kappa shape index (κ2) is 6.42.